The van der Waals surface area contributed by atoms with Crippen molar-refractivity contribution < 1.29 is 19.7 Å². The third-order valence-corrected chi connectivity index (χ3v) is 3.64. The minimum absolute atomic E-state index is 0.151. The van der Waals surface area contributed by atoms with E-state index in [0.29, 0.717) is 19.4 Å². The molecule has 0 amide bonds. The fraction of sp³-hybridized carbons (Fsp3) is 0.350. The molecule has 0 aliphatic heterocycles. The van der Waals surface area contributed by atoms with E-state index in [-0.39, 0.29) is 18.3 Å². The van der Waals surface area contributed by atoms with E-state index in [1.54, 1.807) is 25.1 Å². The fourth-order valence-corrected chi connectivity index (χ4v) is 2.29. The molecule has 0 bridgehead atoms. The molecule has 130 valence electrons. The number of phenolic OH excluding ortho intramolecular Hbond substituents is 1. The zero-order valence-corrected chi connectivity index (χ0v) is 14.6. The molecule has 4 nitrogen and oxygen atoms in total. The maximum atomic E-state index is 11.0. The van der Waals surface area contributed by atoms with E-state index in [4.69, 9.17) is 14.9 Å². The normalized spacial score (nSPS) is 9.83. The molecular weight excluding hydrogens is 304 g/mol. The van der Waals surface area contributed by atoms with Crippen molar-refractivity contribution in [2.24, 2.45) is 0 Å². The van der Waals surface area contributed by atoms with Gasteiger partial charge in [-0.1, -0.05) is 30.3 Å². The molecule has 0 saturated heterocycles. The first-order valence-electron chi connectivity index (χ1n) is 8.07. The van der Waals surface area contributed by atoms with Crippen LogP contribution in [-0.2, 0) is 22.6 Å². The predicted octanol–water partition coefficient (Wildman–Crippen LogP) is 3.68. The quantitative estimate of drug-likeness (QED) is 0.821. The van der Waals surface area contributed by atoms with Crippen LogP contribution in [0.2, 0.25) is 0 Å². The van der Waals surface area contributed by atoms with Crippen molar-refractivity contribution in [1.82, 2.24) is 0 Å². The smallest absolute Gasteiger partial charge is 0.306 e. The lowest BCUT2D eigenvalue weighted by atomic mass is 10.0. The number of phenols is 1. The lowest BCUT2D eigenvalue weighted by molar-refractivity contribution is -0.143. The van der Waals surface area contributed by atoms with Gasteiger partial charge in [-0.25, -0.2) is 0 Å². The van der Waals surface area contributed by atoms with Gasteiger partial charge in [0, 0.05) is 6.42 Å². The summed E-state index contributed by atoms with van der Waals surface area (Å²) in [4.78, 5) is 11.0. The average molecular weight is 330 g/mol. The zero-order valence-electron chi connectivity index (χ0n) is 14.6. The summed E-state index contributed by atoms with van der Waals surface area (Å²) in [6, 6.07) is 12.9. The highest BCUT2D eigenvalue weighted by atomic mass is 16.5. The SMILES string of the molecule is CCOC(=O)CCc1cccc(O)c1.Cc1cccc(C)c1CO. The van der Waals surface area contributed by atoms with E-state index in [2.05, 4.69) is 0 Å². The number of aliphatic hydroxyl groups is 1. The van der Waals surface area contributed by atoms with Crippen LogP contribution in [-0.4, -0.2) is 22.8 Å². The highest BCUT2D eigenvalue weighted by molar-refractivity contribution is 5.69. The molecule has 0 radical (unpaired) electrons. The summed E-state index contributed by atoms with van der Waals surface area (Å²) in [6.45, 7) is 6.38. The van der Waals surface area contributed by atoms with Crippen molar-refractivity contribution in [1.29, 1.82) is 0 Å². The van der Waals surface area contributed by atoms with Gasteiger partial charge < -0.3 is 14.9 Å². The average Bonchev–Trinajstić information content (AvgIpc) is 2.54. The maximum absolute atomic E-state index is 11.0. The Bertz CT molecular complexity index is 630. The second-order valence-electron chi connectivity index (χ2n) is 5.50. The highest BCUT2D eigenvalue weighted by Crippen LogP contribution is 2.13. The van der Waals surface area contributed by atoms with Crippen LogP contribution in [0.4, 0.5) is 0 Å². The standard InChI is InChI=1S/C11H14O3.C9H12O/c1-2-14-11(13)7-6-9-4-3-5-10(12)8-9;1-7-4-3-5-8(2)9(7)6-10/h3-5,8,12H,2,6-7H2,1H3;3-5,10H,6H2,1-2H3. The summed E-state index contributed by atoms with van der Waals surface area (Å²) in [6.07, 6.45) is 0.963. The topological polar surface area (TPSA) is 66.8 Å². The van der Waals surface area contributed by atoms with Crippen LogP contribution in [0, 0.1) is 13.8 Å². The van der Waals surface area contributed by atoms with Crippen molar-refractivity contribution in [2.45, 2.75) is 40.2 Å². The molecule has 2 aromatic rings. The van der Waals surface area contributed by atoms with Crippen LogP contribution in [0.5, 0.6) is 5.75 Å². The molecule has 24 heavy (non-hydrogen) atoms. The largest absolute Gasteiger partial charge is 0.508 e. The Kier molecular flexibility index (Phi) is 8.58. The van der Waals surface area contributed by atoms with Gasteiger partial charge in [-0.2, -0.15) is 0 Å². The van der Waals surface area contributed by atoms with Crippen LogP contribution in [0.3, 0.4) is 0 Å². The molecule has 0 aliphatic carbocycles. The second-order valence-corrected chi connectivity index (χ2v) is 5.50. The first kappa shape index (κ1) is 19.7. The summed E-state index contributed by atoms with van der Waals surface area (Å²) in [5.41, 5.74) is 4.34. The Morgan fingerprint density at radius 1 is 1.08 bits per heavy atom. The zero-order chi connectivity index (χ0) is 17.9. The number of benzene rings is 2. The number of rotatable bonds is 5. The first-order chi connectivity index (χ1) is 11.5. The maximum Gasteiger partial charge on any atom is 0.306 e. The van der Waals surface area contributed by atoms with Gasteiger partial charge in [-0.3, -0.25) is 4.79 Å². The van der Waals surface area contributed by atoms with Crippen molar-refractivity contribution >= 4 is 5.97 Å². The molecule has 2 N–H and O–H groups in total. The van der Waals surface area contributed by atoms with Gasteiger partial charge >= 0.3 is 5.97 Å². The van der Waals surface area contributed by atoms with Crippen molar-refractivity contribution in [3.8, 4) is 5.75 Å². The first-order valence-corrected chi connectivity index (χ1v) is 8.07. The minimum Gasteiger partial charge on any atom is -0.508 e. The molecule has 4 heteroatoms. The summed E-state index contributed by atoms with van der Waals surface area (Å²) < 4.78 is 4.79. The molecule has 0 fully saturated rings. The number of esters is 1. The van der Waals surface area contributed by atoms with Crippen molar-refractivity contribution in [3.05, 3.63) is 64.7 Å². The van der Waals surface area contributed by atoms with Crippen LogP contribution in [0.1, 0.15) is 35.6 Å². The molecule has 2 rings (SSSR count). The molecule has 0 unspecified atom stereocenters. The number of carbonyl (C=O) groups excluding carboxylic acids is 1. The van der Waals surface area contributed by atoms with Crippen molar-refractivity contribution in [3.63, 3.8) is 0 Å². The van der Waals surface area contributed by atoms with Crippen LogP contribution in [0.15, 0.2) is 42.5 Å². The van der Waals surface area contributed by atoms with Gasteiger partial charge in [0.1, 0.15) is 5.75 Å². The molecule has 0 saturated carbocycles. The van der Waals surface area contributed by atoms with Gasteiger partial charge in [-0.15, -0.1) is 0 Å². The van der Waals surface area contributed by atoms with Gasteiger partial charge in [0.05, 0.1) is 13.2 Å². The molecule has 0 atom stereocenters. The molecular formula is C20H26O4. The summed E-state index contributed by atoms with van der Waals surface area (Å²) in [5.74, 6) is 0.0298. The number of hydrogen-bond donors (Lipinski definition) is 2. The Morgan fingerprint density at radius 3 is 2.21 bits per heavy atom. The number of carbonyl (C=O) groups is 1. The van der Waals surface area contributed by atoms with Gasteiger partial charge in [-0.05, 0) is 61.6 Å². The fourth-order valence-electron chi connectivity index (χ4n) is 2.29. The van der Waals surface area contributed by atoms with E-state index in [1.807, 2.05) is 38.1 Å². The minimum atomic E-state index is -0.198. The van der Waals surface area contributed by atoms with E-state index in [1.165, 1.54) is 11.1 Å². The summed E-state index contributed by atoms with van der Waals surface area (Å²) in [5, 5.41) is 18.1. The highest BCUT2D eigenvalue weighted by Gasteiger charge is 2.02. The Hall–Kier alpha value is -2.33. The third kappa shape index (κ3) is 6.84. The third-order valence-electron chi connectivity index (χ3n) is 3.64. The summed E-state index contributed by atoms with van der Waals surface area (Å²) >= 11 is 0. The van der Waals surface area contributed by atoms with Crippen molar-refractivity contribution in [2.75, 3.05) is 6.61 Å². The Balaban J connectivity index is 0.000000254. The number of ether oxygens (including phenoxy) is 1. The van der Waals surface area contributed by atoms with E-state index >= 15 is 0 Å². The van der Waals surface area contributed by atoms with Crippen LogP contribution in [0.25, 0.3) is 0 Å². The monoisotopic (exact) mass is 330 g/mol. The number of aliphatic hydroxyl groups excluding tert-OH is 1. The molecule has 0 aliphatic rings. The predicted molar refractivity (Wildman–Crippen MR) is 94.9 cm³/mol. The lowest BCUT2D eigenvalue weighted by Crippen LogP contribution is -2.04. The Morgan fingerprint density at radius 2 is 1.71 bits per heavy atom. The van der Waals surface area contributed by atoms with Crippen LogP contribution >= 0.6 is 0 Å². The number of aromatic hydroxyl groups is 1. The number of hydrogen-bond acceptors (Lipinski definition) is 4. The van der Waals surface area contributed by atoms with Gasteiger partial charge in [0.15, 0.2) is 0 Å². The second kappa shape index (κ2) is 10.4. The lowest BCUT2D eigenvalue weighted by Gasteiger charge is -2.04. The Labute approximate surface area is 143 Å². The molecule has 0 aromatic heterocycles. The van der Waals surface area contributed by atoms with Gasteiger partial charge in [0.2, 0.25) is 0 Å². The van der Waals surface area contributed by atoms with Crippen LogP contribution < -0.4 is 0 Å². The van der Waals surface area contributed by atoms with E-state index in [9.17, 15) is 4.79 Å². The van der Waals surface area contributed by atoms with E-state index < -0.39 is 0 Å². The van der Waals surface area contributed by atoms with Gasteiger partial charge in [0.25, 0.3) is 0 Å². The number of aryl methyl sites for hydroxylation is 3. The molecule has 0 heterocycles. The molecule has 0 spiro atoms. The summed E-state index contributed by atoms with van der Waals surface area (Å²) in [7, 11) is 0. The molecule has 2 aromatic carbocycles. The van der Waals surface area contributed by atoms with E-state index in [0.717, 1.165) is 11.1 Å².